The maximum atomic E-state index is 12.3. The zero-order chi connectivity index (χ0) is 23.2. The van der Waals surface area contributed by atoms with Crippen LogP contribution in [0.1, 0.15) is 11.1 Å². The fourth-order valence-electron chi connectivity index (χ4n) is 3.38. The lowest BCUT2D eigenvalue weighted by Crippen LogP contribution is -2.07. The second kappa shape index (κ2) is 10.1. The Morgan fingerprint density at radius 3 is 2.45 bits per heavy atom. The Bertz CT molecular complexity index is 1290. The molecule has 6 heteroatoms. The monoisotopic (exact) mass is 456 g/mol. The Kier molecular flexibility index (Phi) is 6.86. The lowest BCUT2D eigenvalue weighted by atomic mass is 10.1. The predicted octanol–water partition coefficient (Wildman–Crippen LogP) is 6.45. The molecule has 1 heterocycles. The largest absolute Gasteiger partial charge is 0.493 e. The van der Waals surface area contributed by atoms with Crippen LogP contribution in [0.5, 0.6) is 11.5 Å². The molecule has 4 aromatic rings. The molecule has 0 saturated carbocycles. The number of amides is 1. The molecule has 3 aromatic carbocycles. The average Bonchev–Trinajstić information content (AvgIpc) is 3.33. The molecule has 0 aliphatic heterocycles. The summed E-state index contributed by atoms with van der Waals surface area (Å²) in [5, 5.41) is 5.94. The first kappa shape index (κ1) is 22.3. The van der Waals surface area contributed by atoms with E-state index in [1.54, 1.807) is 37.7 Å². The Morgan fingerprint density at radius 2 is 1.73 bits per heavy atom. The first-order chi connectivity index (χ1) is 16.1. The minimum atomic E-state index is -0.215. The number of aryl methyl sites for hydroxylation is 1. The van der Waals surface area contributed by atoms with Crippen molar-refractivity contribution in [2.45, 2.75) is 6.92 Å². The summed E-state index contributed by atoms with van der Waals surface area (Å²) in [6.07, 6.45) is 3.22. The van der Waals surface area contributed by atoms with E-state index < -0.39 is 0 Å². The van der Waals surface area contributed by atoms with E-state index in [1.807, 2.05) is 48.5 Å². The molecular formula is C27H24N2O3S. The first-order valence-electron chi connectivity index (χ1n) is 10.4. The van der Waals surface area contributed by atoms with Gasteiger partial charge in [0.25, 0.3) is 0 Å². The highest BCUT2D eigenvalue weighted by Crippen LogP contribution is 2.31. The van der Waals surface area contributed by atoms with Gasteiger partial charge in [0.15, 0.2) is 11.5 Å². The van der Waals surface area contributed by atoms with Gasteiger partial charge in [-0.25, -0.2) is 4.98 Å². The number of thiazole rings is 1. The maximum Gasteiger partial charge on any atom is 0.248 e. The summed E-state index contributed by atoms with van der Waals surface area (Å²) in [5.41, 5.74) is 5.84. The third kappa shape index (κ3) is 5.30. The summed E-state index contributed by atoms with van der Waals surface area (Å²) in [5.74, 6) is 1.04. The molecule has 0 radical (unpaired) electrons. The third-order valence-corrected chi connectivity index (χ3v) is 6.04. The van der Waals surface area contributed by atoms with Crippen LogP contribution in [0.15, 0.2) is 78.2 Å². The van der Waals surface area contributed by atoms with Crippen molar-refractivity contribution in [2.24, 2.45) is 0 Å². The summed E-state index contributed by atoms with van der Waals surface area (Å²) < 4.78 is 10.5. The first-order valence-corrected chi connectivity index (χ1v) is 11.3. The molecule has 0 aliphatic carbocycles. The summed E-state index contributed by atoms with van der Waals surface area (Å²) in [6, 6.07) is 21.4. The van der Waals surface area contributed by atoms with Gasteiger partial charge in [-0.3, -0.25) is 4.79 Å². The van der Waals surface area contributed by atoms with Crippen molar-refractivity contribution in [1.82, 2.24) is 4.98 Å². The molecule has 0 unspecified atom stereocenters. The summed E-state index contributed by atoms with van der Waals surface area (Å²) in [4.78, 5) is 17.1. The number of methoxy groups -OCH3 is 2. The average molecular weight is 457 g/mol. The minimum absolute atomic E-state index is 0.215. The van der Waals surface area contributed by atoms with Crippen LogP contribution in [0, 0.1) is 6.92 Å². The van der Waals surface area contributed by atoms with E-state index in [0.717, 1.165) is 33.1 Å². The van der Waals surface area contributed by atoms with Gasteiger partial charge >= 0.3 is 0 Å². The second-order valence-electron chi connectivity index (χ2n) is 7.37. The van der Waals surface area contributed by atoms with E-state index in [9.17, 15) is 4.79 Å². The quantitative estimate of drug-likeness (QED) is 0.325. The SMILES string of the molecule is COc1ccc(/C=C/C(=O)Nc2ccc(-c3csc(-c4ccccc4C)n3)cc2)cc1OC. The van der Waals surface area contributed by atoms with Gasteiger partial charge in [-0.15, -0.1) is 11.3 Å². The highest BCUT2D eigenvalue weighted by molar-refractivity contribution is 7.13. The van der Waals surface area contributed by atoms with Crippen molar-refractivity contribution in [3.05, 3.63) is 89.3 Å². The van der Waals surface area contributed by atoms with Gasteiger partial charge in [0.2, 0.25) is 5.91 Å². The Morgan fingerprint density at radius 1 is 0.970 bits per heavy atom. The smallest absolute Gasteiger partial charge is 0.248 e. The summed E-state index contributed by atoms with van der Waals surface area (Å²) in [6.45, 7) is 2.09. The number of carbonyl (C=O) groups excluding carboxylic acids is 1. The lowest BCUT2D eigenvalue weighted by molar-refractivity contribution is -0.111. The van der Waals surface area contributed by atoms with Crippen molar-refractivity contribution in [1.29, 1.82) is 0 Å². The zero-order valence-electron chi connectivity index (χ0n) is 18.7. The maximum absolute atomic E-state index is 12.3. The molecule has 1 aromatic heterocycles. The number of aromatic nitrogens is 1. The number of hydrogen-bond acceptors (Lipinski definition) is 5. The van der Waals surface area contributed by atoms with E-state index >= 15 is 0 Å². The van der Waals surface area contributed by atoms with Crippen molar-refractivity contribution in [3.63, 3.8) is 0 Å². The zero-order valence-corrected chi connectivity index (χ0v) is 19.5. The number of nitrogens with one attached hydrogen (secondary N) is 1. The molecule has 0 atom stereocenters. The number of benzene rings is 3. The second-order valence-corrected chi connectivity index (χ2v) is 8.23. The van der Waals surface area contributed by atoms with Gasteiger partial charge in [0.05, 0.1) is 19.9 Å². The molecule has 0 fully saturated rings. The number of carbonyl (C=O) groups is 1. The van der Waals surface area contributed by atoms with E-state index in [1.165, 1.54) is 11.6 Å². The number of hydrogen-bond donors (Lipinski definition) is 1. The third-order valence-electron chi connectivity index (χ3n) is 5.16. The lowest BCUT2D eigenvalue weighted by Gasteiger charge is -2.07. The Hall–Kier alpha value is -3.90. The molecule has 1 N–H and O–H groups in total. The van der Waals surface area contributed by atoms with Crippen LogP contribution in [0.4, 0.5) is 5.69 Å². The van der Waals surface area contributed by atoms with Crippen LogP contribution in [-0.4, -0.2) is 25.1 Å². The van der Waals surface area contributed by atoms with E-state index in [0.29, 0.717) is 11.5 Å². The summed E-state index contributed by atoms with van der Waals surface area (Å²) >= 11 is 1.63. The van der Waals surface area contributed by atoms with Gasteiger partial charge < -0.3 is 14.8 Å². The Balaban J connectivity index is 1.41. The van der Waals surface area contributed by atoms with E-state index in [4.69, 9.17) is 14.5 Å². The number of rotatable bonds is 7. The highest BCUT2D eigenvalue weighted by atomic mass is 32.1. The number of nitrogens with zero attached hydrogens (tertiary/aromatic N) is 1. The topological polar surface area (TPSA) is 60.5 Å². The predicted molar refractivity (Wildman–Crippen MR) is 135 cm³/mol. The van der Waals surface area contributed by atoms with Crippen molar-refractivity contribution in [3.8, 4) is 33.3 Å². The molecule has 33 heavy (non-hydrogen) atoms. The van der Waals surface area contributed by atoms with Crippen LogP contribution < -0.4 is 14.8 Å². The molecule has 0 saturated heterocycles. The number of ether oxygens (including phenoxy) is 2. The van der Waals surface area contributed by atoms with Gasteiger partial charge in [0, 0.05) is 28.3 Å². The molecule has 0 aliphatic rings. The normalized spacial score (nSPS) is 10.9. The highest BCUT2D eigenvalue weighted by Gasteiger charge is 2.09. The van der Waals surface area contributed by atoms with Crippen LogP contribution in [0.25, 0.3) is 27.9 Å². The van der Waals surface area contributed by atoms with Gasteiger partial charge in [-0.05, 0) is 48.4 Å². The van der Waals surface area contributed by atoms with Crippen LogP contribution in [-0.2, 0) is 4.79 Å². The fraction of sp³-hybridized carbons (Fsp3) is 0.111. The van der Waals surface area contributed by atoms with Gasteiger partial charge in [0.1, 0.15) is 5.01 Å². The van der Waals surface area contributed by atoms with E-state index in [-0.39, 0.29) is 5.91 Å². The van der Waals surface area contributed by atoms with Gasteiger partial charge in [-0.1, -0.05) is 42.5 Å². The van der Waals surface area contributed by atoms with E-state index in [2.05, 4.69) is 29.8 Å². The fourth-order valence-corrected chi connectivity index (χ4v) is 4.30. The molecule has 0 spiro atoms. The minimum Gasteiger partial charge on any atom is -0.493 e. The summed E-state index contributed by atoms with van der Waals surface area (Å²) in [7, 11) is 3.17. The Labute approximate surface area is 197 Å². The van der Waals surface area contributed by atoms with Crippen LogP contribution in [0.3, 0.4) is 0 Å². The standard InChI is InChI=1S/C27H24N2O3S/c1-18-6-4-5-7-22(18)27-29-23(17-33-27)20-10-12-21(13-11-20)28-26(30)15-9-19-8-14-24(31-2)25(16-19)32-3/h4-17H,1-3H3,(H,28,30)/b15-9+. The van der Waals surface area contributed by atoms with Gasteiger partial charge in [-0.2, -0.15) is 0 Å². The molecule has 1 amide bonds. The van der Waals surface area contributed by atoms with Crippen LogP contribution in [0.2, 0.25) is 0 Å². The van der Waals surface area contributed by atoms with Crippen LogP contribution >= 0.6 is 11.3 Å². The number of anilines is 1. The molecule has 166 valence electrons. The van der Waals surface area contributed by atoms with Crippen molar-refractivity contribution in [2.75, 3.05) is 19.5 Å². The molecule has 5 nitrogen and oxygen atoms in total. The molecule has 0 bridgehead atoms. The van der Waals surface area contributed by atoms with Crippen molar-refractivity contribution < 1.29 is 14.3 Å². The van der Waals surface area contributed by atoms with Crippen molar-refractivity contribution >= 4 is 29.0 Å². The molecule has 4 rings (SSSR count). The molecular weight excluding hydrogens is 432 g/mol.